The highest BCUT2D eigenvalue weighted by atomic mass is 16.5. The maximum absolute atomic E-state index is 13.6. The lowest BCUT2D eigenvalue weighted by molar-refractivity contribution is -0.164. The molecule has 0 heterocycles. The molecule has 1 N–H and O–H groups in total. The van der Waals surface area contributed by atoms with Crippen molar-refractivity contribution in [1.29, 1.82) is 0 Å². The zero-order chi connectivity index (χ0) is 21.8. The minimum Gasteiger partial charge on any atom is -0.457 e. The van der Waals surface area contributed by atoms with Gasteiger partial charge in [0.15, 0.2) is 5.78 Å². The number of hydrogen-bond donors (Lipinski definition) is 1. The van der Waals surface area contributed by atoms with E-state index in [-0.39, 0.29) is 53.0 Å². The second kappa shape index (κ2) is 7.72. The molecule has 4 saturated carbocycles. The normalized spacial score (nSPS) is 45.5. The van der Waals surface area contributed by atoms with Gasteiger partial charge in [0.05, 0.1) is 12.0 Å². The molecular formula is C25H38O5. The van der Waals surface area contributed by atoms with E-state index in [1.165, 1.54) is 0 Å². The van der Waals surface area contributed by atoms with Crippen molar-refractivity contribution >= 4 is 17.5 Å². The van der Waals surface area contributed by atoms with E-state index < -0.39 is 0 Å². The summed E-state index contributed by atoms with van der Waals surface area (Å²) in [5.74, 6) is 0.802. The first-order chi connectivity index (χ1) is 14.1. The molecule has 0 amide bonds. The van der Waals surface area contributed by atoms with Crippen LogP contribution in [0.2, 0.25) is 0 Å². The SMILES string of the molecule is CC(C)C(=O)OCC(=O)[C@H]1CC[C@H]2[C@@H]3CCC4CC(O)CC[C@]4(C)[C@H]3C(=O)C[C@]12C. The van der Waals surface area contributed by atoms with E-state index in [2.05, 4.69) is 13.8 Å². The minimum atomic E-state index is -0.339. The Labute approximate surface area is 180 Å². The van der Waals surface area contributed by atoms with E-state index in [0.29, 0.717) is 30.0 Å². The fourth-order valence-electron chi connectivity index (χ4n) is 7.99. The second-order valence-corrected chi connectivity index (χ2v) is 11.5. The first-order valence-corrected chi connectivity index (χ1v) is 12.0. The van der Waals surface area contributed by atoms with Crippen LogP contribution in [0.25, 0.3) is 0 Å². The molecule has 4 aliphatic carbocycles. The van der Waals surface area contributed by atoms with Crippen molar-refractivity contribution in [3.8, 4) is 0 Å². The van der Waals surface area contributed by atoms with Gasteiger partial charge in [-0.2, -0.15) is 0 Å². The lowest BCUT2D eigenvalue weighted by atomic mass is 9.44. The van der Waals surface area contributed by atoms with Crippen molar-refractivity contribution in [3.63, 3.8) is 0 Å². The minimum absolute atomic E-state index is 0.00451. The topological polar surface area (TPSA) is 80.7 Å². The standard InChI is InChI=1S/C25H38O5/c1-14(2)23(29)30-13-21(28)19-8-7-18-17-6-5-15-11-16(26)9-10-24(15,3)22(17)20(27)12-25(18,19)4/h14-19,22,26H,5-13H2,1-4H3/t15?,16?,17-,18-,19+,22+,24-,25-/m0/s1. The Morgan fingerprint density at radius 2 is 1.83 bits per heavy atom. The number of esters is 1. The molecule has 0 aromatic heterocycles. The smallest absolute Gasteiger partial charge is 0.308 e. The highest BCUT2D eigenvalue weighted by Crippen LogP contribution is 2.66. The Hall–Kier alpha value is -1.23. The van der Waals surface area contributed by atoms with Crippen LogP contribution < -0.4 is 0 Å². The largest absolute Gasteiger partial charge is 0.457 e. The first kappa shape index (κ1) is 22.0. The van der Waals surface area contributed by atoms with Gasteiger partial charge >= 0.3 is 5.97 Å². The van der Waals surface area contributed by atoms with Gasteiger partial charge in [-0.15, -0.1) is 0 Å². The van der Waals surface area contributed by atoms with Crippen molar-refractivity contribution in [2.75, 3.05) is 6.61 Å². The van der Waals surface area contributed by atoms with Crippen LogP contribution in [0.4, 0.5) is 0 Å². The van der Waals surface area contributed by atoms with Gasteiger partial charge in [0, 0.05) is 18.3 Å². The monoisotopic (exact) mass is 418 g/mol. The predicted octanol–water partition coefficient (Wildman–Crippen LogP) is 3.95. The summed E-state index contributed by atoms with van der Waals surface area (Å²) in [5, 5.41) is 10.2. The summed E-state index contributed by atoms with van der Waals surface area (Å²) in [6, 6.07) is 0. The van der Waals surface area contributed by atoms with E-state index in [9.17, 15) is 19.5 Å². The van der Waals surface area contributed by atoms with Crippen LogP contribution in [0.5, 0.6) is 0 Å². The number of rotatable bonds is 4. The average Bonchev–Trinajstić information content (AvgIpc) is 3.02. The van der Waals surface area contributed by atoms with Crippen molar-refractivity contribution in [2.24, 2.45) is 46.3 Å². The highest BCUT2D eigenvalue weighted by molar-refractivity contribution is 5.89. The van der Waals surface area contributed by atoms with Crippen LogP contribution in [0.15, 0.2) is 0 Å². The van der Waals surface area contributed by atoms with Gasteiger partial charge in [0.2, 0.25) is 0 Å². The van der Waals surface area contributed by atoms with E-state index >= 15 is 0 Å². The van der Waals surface area contributed by atoms with Gasteiger partial charge in [-0.25, -0.2) is 0 Å². The van der Waals surface area contributed by atoms with Crippen LogP contribution in [0.1, 0.15) is 79.1 Å². The summed E-state index contributed by atoms with van der Waals surface area (Å²) in [6.45, 7) is 7.81. The van der Waals surface area contributed by atoms with E-state index in [1.807, 2.05) is 0 Å². The average molecular weight is 419 g/mol. The van der Waals surface area contributed by atoms with Crippen LogP contribution in [0.3, 0.4) is 0 Å². The first-order valence-electron chi connectivity index (χ1n) is 12.0. The number of ketones is 2. The summed E-state index contributed by atoms with van der Waals surface area (Å²) < 4.78 is 5.24. The molecule has 0 radical (unpaired) electrons. The van der Waals surface area contributed by atoms with Gasteiger partial charge in [-0.3, -0.25) is 14.4 Å². The van der Waals surface area contributed by atoms with Gasteiger partial charge in [-0.1, -0.05) is 27.7 Å². The van der Waals surface area contributed by atoms with Gasteiger partial charge < -0.3 is 9.84 Å². The molecule has 4 aliphatic rings. The summed E-state index contributed by atoms with van der Waals surface area (Å²) in [6.07, 6.45) is 6.72. The number of fused-ring (bicyclic) bond motifs is 5. The van der Waals surface area contributed by atoms with Crippen molar-refractivity contribution in [1.82, 2.24) is 0 Å². The number of ether oxygens (including phenoxy) is 1. The Kier molecular flexibility index (Phi) is 5.66. The molecule has 0 saturated heterocycles. The molecule has 168 valence electrons. The third-order valence-corrected chi connectivity index (χ3v) is 9.54. The van der Waals surface area contributed by atoms with Crippen molar-refractivity contribution in [2.45, 2.75) is 85.2 Å². The number of Topliss-reactive ketones (excluding diaryl/α,β-unsaturated/α-hetero) is 2. The second-order valence-electron chi connectivity index (χ2n) is 11.5. The molecule has 0 spiro atoms. The van der Waals surface area contributed by atoms with Crippen molar-refractivity contribution < 1.29 is 24.2 Å². The van der Waals surface area contributed by atoms with E-state index in [4.69, 9.17) is 4.74 Å². The molecular weight excluding hydrogens is 380 g/mol. The summed E-state index contributed by atoms with van der Waals surface area (Å²) in [4.78, 5) is 38.4. The van der Waals surface area contributed by atoms with Crippen LogP contribution in [-0.2, 0) is 19.1 Å². The molecule has 4 fully saturated rings. The summed E-state index contributed by atoms with van der Waals surface area (Å²) in [7, 11) is 0. The van der Waals surface area contributed by atoms with Crippen LogP contribution >= 0.6 is 0 Å². The number of aliphatic hydroxyl groups is 1. The van der Waals surface area contributed by atoms with E-state index in [0.717, 1.165) is 44.9 Å². The lowest BCUT2D eigenvalue weighted by Crippen LogP contribution is -2.58. The molecule has 0 aromatic carbocycles. The third-order valence-electron chi connectivity index (χ3n) is 9.54. The lowest BCUT2D eigenvalue weighted by Gasteiger charge is -2.59. The summed E-state index contributed by atoms with van der Waals surface area (Å²) >= 11 is 0. The molecule has 0 bridgehead atoms. The Morgan fingerprint density at radius 1 is 1.10 bits per heavy atom. The quantitative estimate of drug-likeness (QED) is 0.699. The third kappa shape index (κ3) is 3.36. The molecule has 0 aliphatic heterocycles. The number of hydrogen-bond acceptors (Lipinski definition) is 5. The van der Waals surface area contributed by atoms with Gasteiger partial charge in [0.25, 0.3) is 0 Å². The molecule has 5 nitrogen and oxygen atoms in total. The molecule has 0 aromatic rings. The Bertz CT molecular complexity index is 729. The molecule has 4 rings (SSSR count). The zero-order valence-corrected chi connectivity index (χ0v) is 19.0. The highest BCUT2D eigenvalue weighted by Gasteiger charge is 2.64. The van der Waals surface area contributed by atoms with E-state index in [1.54, 1.807) is 13.8 Å². The van der Waals surface area contributed by atoms with Gasteiger partial charge in [-0.05, 0) is 73.5 Å². The number of carbonyl (C=O) groups excluding carboxylic acids is 3. The maximum atomic E-state index is 13.6. The Morgan fingerprint density at radius 3 is 2.53 bits per heavy atom. The number of aliphatic hydroxyl groups excluding tert-OH is 1. The summed E-state index contributed by atoms with van der Waals surface area (Å²) in [5.41, 5.74) is -0.313. The fourth-order valence-corrected chi connectivity index (χ4v) is 7.99. The fraction of sp³-hybridized carbons (Fsp3) is 0.880. The van der Waals surface area contributed by atoms with Gasteiger partial charge in [0.1, 0.15) is 12.4 Å². The molecule has 5 heteroatoms. The maximum Gasteiger partial charge on any atom is 0.308 e. The predicted molar refractivity (Wildman–Crippen MR) is 112 cm³/mol. The molecule has 8 atom stereocenters. The zero-order valence-electron chi connectivity index (χ0n) is 19.0. The van der Waals surface area contributed by atoms with Crippen molar-refractivity contribution in [3.05, 3.63) is 0 Å². The molecule has 2 unspecified atom stereocenters. The van der Waals surface area contributed by atoms with Crippen LogP contribution in [0, 0.1) is 46.3 Å². The number of carbonyl (C=O) groups is 3. The van der Waals surface area contributed by atoms with Crippen LogP contribution in [-0.4, -0.2) is 35.4 Å². The molecule has 30 heavy (non-hydrogen) atoms. The Balaban J connectivity index is 1.53.